The first-order valence-electron chi connectivity index (χ1n) is 15.4. The molecule has 0 unspecified atom stereocenters. The Morgan fingerprint density at radius 3 is 2.02 bits per heavy atom. The number of carbonyl (C=O) groups is 2. The number of nitrogens with zero attached hydrogens (tertiary/aromatic N) is 3. The first-order valence-corrected chi connectivity index (χ1v) is 15.4. The highest BCUT2D eigenvalue weighted by Gasteiger charge is 2.47. The smallest absolute Gasteiger partial charge is 0.338 e. The highest BCUT2D eigenvalue weighted by molar-refractivity contribution is 5.88. The molecule has 234 valence electrons. The van der Waals surface area contributed by atoms with Crippen LogP contribution in [-0.2, 0) is 22.6 Å². The molecule has 2 amide bonds. The van der Waals surface area contributed by atoms with Gasteiger partial charge in [-0.15, -0.1) is 0 Å². The minimum absolute atomic E-state index is 0.106. The second kappa shape index (κ2) is 13.6. The number of amides is 2. The molecule has 0 N–H and O–H groups in total. The quantitative estimate of drug-likeness (QED) is 0.180. The molecule has 8 heteroatoms. The van der Waals surface area contributed by atoms with E-state index in [2.05, 4.69) is 4.98 Å². The van der Waals surface area contributed by atoms with Crippen molar-refractivity contribution < 1.29 is 22.8 Å². The summed E-state index contributed by atoms with van der Waals surface area (Å²) < 4.78 is 42.4. The molecule has 0 bridgehead atoms. The molecule has 6 rings (SSSR count). The fourth-order valence-electron chi connectivity index (χ4n) is 6.62. The van der Waals surface area contributed by atoms with Gasteiger partial charge in [-0.1, -0.05) is 109 Å². The van der Waals surface area contributed by atoms with Crippen LogP contribution in [0.15, 0.2) is 128 Å². The molecule has 0 radical (unpaired) electrons. The average molecular weight is 622 g/mol. The van der Waals surface area contributed by atoms with E-state index in [0.29, 0.717) is 22.9 Å². The summed E-state index contributed by atoms with van der Waals surface area (Å²) in [4.78, 5) is 34.8. The third kappa shape index (κ3) is 6.81. The van der Waals surface area contributed by atoms with E-state index in [-0.39, 0.29) is 31.8 Å². The summed E-state index contributed by atoms with van der Waals surface area (Å²) in [5, 5.41) is 0.701. The molecule has 0 saturated carbocycles. The van der Waals surface area contributed by atoms with Crippen LogP contribution in [0.5, 0.6) is 0 Å². The highest BCUT2D eigenvalue weighted by atomic mass is 19.4. The lowest BCUT2D eigenvalue weighted by Crippen LogP contribution is -2.56. The van der Waals surface area contributed by atoms with Crippen LogP contribution in [0.1, 0.15) is 41.0 Å². The Bertz CT molecular complexity index is 1740. The second-order valence-corrected chi connectivity index (χ2v) is 11.7. The van der Waals surface area contributed by atoms with Crippen molar-refractivity contribution in [3.63, 3.8) is 0 Å². The monoisotopic (exact) mass is 621 g/mol. The highest BCUT2D eigenvalue weighted by Crippen LogP contribution is 2.34. The van der Waals surface area contributed by atoms with Crippen LogP contribution in [0.3, 0.4) is 0 Å². The van der Waals surface area contributed by atoms with Gasteiger partial charge in [0.05, 0.1) is 11.4 Å². The molecule has 5 aromatic rings. The minimum atomic E-state index is -5.05. The van der Waals surface area contributed by atoms with Gasteiger partial charge < -0.3 is 9.80 Å². The maximum Gasteiger partial charge on any atom is 0.471 e. The Hall–Kier alpha value is -4.98. The zero-order valence-electron chi connectivity index (χ0n) is 25.2. The lowest BCUT2D eigenvalue weighted by atomic mass is 9.86. The molecule has 2 atom stereocenters. The lowest BCUT2D eigenvalue weighted by Gasteiger charge is -2.45. The maximum atomic E-state index is 14.6. The first-order chi connectivity index (χ1) is 22.3. The molecule has 0 spiro atoms. The molecule has 1 aliphatic heterocycles. The molecule has 1 aromatic heterocycles. The molecular formula is C38H34F3N3O2. The summed E-state index contributed by atoms with van der Waals surface area (Å²) >= 11 is 0. The van der Waals surface area contributed by atoms with Gasteiger partial charge in [0, 0.05) is 36.8 Å². The minimum Gasteiger partial charge on any atom is -0.338 e. The Labute approximate surface area is 266 Å². The Balaban J connectivity index is 1.36. The van der Waals surface area contributed by atoms with Gasteiger partial charge in [-0.05, 0) is 53.6 Å². The third-order valence-electron chi connectivity index (χ3n) is 8.82. The van der Waals surface area contributed by atoms with E-state index in [0.717, 1.165) is 21.6 Å². The van der Waals surface area contributed by atoms with Crippen molar-refractivity contribution in [2.24, 2.45) is 0 Å². The topological polar surface area (TPSA) is 53.5 Å². The molecular weight excluding hydrogens is 587 g/mol. The van der Waals surface area contributed by atoms with Crippen LogP contribution in [0.25, 0.3) is 10.9 Å². The number of alkyl halides is 3. The second-order valence-electron chi connectivity index (χ2n) is 11.7. The number of aromatic nitrogens is 1. The molecule has 5 nitrogen and oxygen atoms in total. The number of rotatable bonds is 8. The summed E-state index contributed by atoms with van der Waals surface area (Å²) in [5.74, 6) is -2.55. The maximum absolute atomic E-state index is 14.6. The Morgan fingerprint density at radius 1 is 0.804 bits per heavy atom. The van der Waals surface area contributed by atoms with Gasteiger partial charge >= 0.3 is 12.1 Å². The molecule has 1 saturated heterocycles. The van der Waals surface area contributed by atoms with Crippen molar-refractivity contribution in [1.29, 1.82) is 0 Å². The van der Waals surface area contributed by atoms with Crippen LogP contribution in [0, 0.1) is 0 Å². The molecule has 46 heavy (non-hydrogen) atoms. The zero-order chi connectivity index (χ0) is 32.1. The predicted molar refractivity (Wildman–Crippen MR) is 172 cm³/mol. The number of benzene rings is 4. The number of carbonyl (C=O) groups excluding carboxylic acids is 2. The van der Waals surface area contributed by atoms with Gasteiger partial charge in [0.25, 0.3) is 0 Å². The predicted octanol–water partition coefficient (Wildman–Crippen LogP) is 7.56. The van der Waals surface area contributed by atoms with Crippen LogP contribution in [0.4, 0.5) is 13.2 Å². The number of para-hydroxylation sites is 1. The van der Waals surface area contributed by atoms with Crippen molar-refractivity contribution in [2.45, 2.75) is 50.0 Å². The van der Waals surface area contributed by atoms with Gasteiger partial charge in [0.1, 0.15) is 0 Å². The van der Waals surface area contributed by atoms with E-state index in [1.807, 2.05) is 102 Å². The van der Waals surface area contributed by atoms with E-state index in [9.17, 15) is 22.8 Å². The largest absolute Gasteiger partial charge is 0.471 e. The molecule has 4 aromatic carbocycles. The van der Waals surface area contributed by atoms with Crippen LogP contribution < -0.4 is 0 Å². The number of likely N-dealkylation sites (tertiary alicyclic amines) is 1. The van der Waals surface area contributed by atoms with Crippen molar-refractivity contribution in [1.82, 2.24) is 14.8 Å². The number of piperidine rings is 1. The molecule has 1 aliphatic rings. The average Bonchev–Trinajstić information content (AvgIpc) is 3.08. The number of fused-ring (bicyclic) bond motifs is 1. The third-order valence-corrected chi connectivity index (χ3v) is 8.82. The molecule has 0 aliphatic carbocycles. The number of pyridine rings is 1. The van der Waals surface area contributed by atoms with Crippen molar-refractivity contribution in [2.75, 3.05) is 6.54 Å². The van der Waals surface area contributed by atoms with E-state index < -0.39 is 30.1 Å². The summed E-state index contributed by atoms with van der Waals surface area (Å²) in [7, 11) is 0. The van der Waals surface area contributed by atoms with E-state index in [1.165, 1.54) is 0 Å². The van der Waals surface area contributed by atoms with Crippen LogP contribution in [-0.4, -0.2) is 51.4 Å². The van der Waals surface area contributed by atoms with Crippen molar-refractivity contribution in [3.8, 4) is 0 Å². The SMILES string of the molecule is O=C(C(c1ccccc1)c1ccccc1)N1CC[C@H](N(Cc2ccnc3ccccc23)C(=O)C(F)(F)F)C[C@H]1Cc1ccccc1. The standard InChI is InChI=1S/C38H34F3N3O2/c39-38(40,41)37(46)44(26-30-20-22-42-34-19-11-10-18-33(30)34)31-21-23-43(32(25-31)24-27-12-4-1-5-13-27)36(45)35(28-14-6-2-7-15-28)29-16-8-3-9-17-29/h1-20,22,31-32,35H,21,23-26H2/t31-,32+/m0/s1. The number of hydrogen-bond acceptors (Lipinski definition) is 3. The normalized spacial score (nSPS) is 16.8. The van der Waals surface area contributed by atoms with E-state index in [4.69, 9.17) is 0 Å². The van der Waals surface area contributed by atoms with Gasteiger partial charge in [-0.3, -0.25) is 14.6 Å². The van der Waals surface area contributed by atoms with Gasteiger partial charge in [-0.2, -0.15) is 13.2 Å². The Morgan fingerprint density at radius 2 is 1.39 bits per heavy atom. The lowest BCUT2D eigenvalue weighted by molar-refractivity contribution is -0.190. The van der Waals surface area contributed by atoms with Crippen molar-refractivity contribution in [3.05, 3.63) is 150 Å². The van der Waals surface area contributed by atoms with E-state index in [1.54, 1.807) is 30.5 Å². The summed E-state index contributed by atoms with van der Waals surface area (Å²) in [6.07, 6.45) is -2.61. The van der Waals surface area contributed by atoms with Crippen LogP contribution >= 0.6 is 0 Å². The fraction of sp³-hybridized carbons (Fsp3) is 0.237. The number of hydrogen-bond donors (Lipinski definition) is 0. The summed E-state index contributed by atoms with van der Waals surface area (Å²) in [6, 6.07) is 36.5. The van der Waals surface area contributed by atoms with E-state index >= 15 is 0 Å². The Kier molecular flexibility index (Phi) is 9.15. The zero-order valence-corrected chi connectivity index (χ0v) is 25.2. The summed E-state index contributed by atoms with van der Waals surface area (Å²) in [5.41, 5.74) is 3.90. The number of halogens is 3. The molecule has 2 heterocycles. The van der Waals surface area contributed by atoms with Gasteiger partial charge in [0.15, 0.2) is 0 Å². The summed E-state index contributed by atoms with van der Waals surface area (Å²) in [6.45, 7) is 0.00456. The molecule has 1 fully saturated rings. The van der Waals surface area contributed by atoms with Crippen molar-refractivity contribution >= 4 is 22.7 Å². The van der Waals surface area contributed by atoms with Crippen LogP contribution in [0.2, 0.25) is 0 Å². The van der Waals surface area contributed by atoms with Gasteiger partial charge in [-0.25, -0.2) is 0 Å². The van der Waals surface area contributed by atoms with Gasteiger partial charge in [0.2, 0.25) is 5.91 Å². The fourth-order valence-corrected chi connectivity index (χ4v) is 6.62. The first kappa shape index (κ1) is 31.0.